The van der Waals surface area contributed by atoms with Gasteiger partial charge in [0, 0.05) is 12.2 Å². The standard InChI is InChI=1S/C15H25N3O2/c1-15(2,10-16)11-18(3)9-14(19)17-12-5-7-13(20-4)8-6-12/h5-8H,9-11,16H2,1-4H3,(H,17,19). The number of nitrogens with one attached hydrogen (secondary N) is 1. The van der Waals surface area contributed by atoms with Gasteiger partial charge in [-0.2, -0.15) is 0 Å². The zero-order valence-corrected chi connectivity index (χ0v) is 12.8. The minimum atomic E-state index is -0.0366. The largest absolute Gasteiger partial charge is 0.497 e. The van der Waals surface area contributed by atoms with Crippen LogP contribution in [0.5, 0.6) is 5.75 Å². The highest BCUT2D eigenvalue weighted by Gasteiger charge is 2.19. The van der Waals surface area contributed by atoms with Gasteiger partial charge in [-0.05, 0) is 43.3 Å². The van der Waals surface area contributed by atoms with Crippen LogP contribution >= 0.6 is 0 Å². The Morgan fingerprint density at radius 2 is 1.95 bits per heavy atom. The Morgan fingerprint density at radius 1 is 1.35 bits per heavy atom. The second kappa shape index (κ2) is 7.26. The number of methoxy groups -OCH3 is 1. The molecular weight excluding hydrogens is 254 g/mol. The molecule has 1 amide bonds. The Balaban J connectivity index is 2.46. The van der Waals surface area contributed by atoms with E-state index in [1.165, 1.54) is 0 Å². The third-order valence-electron chi connectivity index (χ3n) is 3.04. The van der Waals surface area contributed by atoms with Crippen LogP contribution in [0.25, 0.3) is 0 Å². The summed E-state index contributed by atoms with van der Waals surface area (Å²) in [6, 6.07) is 7.27. The van der Waals surface area contributed by atoms with Gasteiger partial charge in [-0.1, -0.05) is 13.8 Å². The molecule has 1 rings (SSSR count). The number of hydrogen-bond acceptors (Lipinski definition) is 4. The Kier molecular flexibility index (Phi) is 5.98. The molecule has 5 nitrogen and oxygen atoms in total. The quantitative estimate of drug-likeness (QED) is 0.794. The van der Waals surface area contributed by atoms with E-state index in [1.54, 1.807) is 7.11 Å². The summed E-state index contributed by atoms with van der Waals surface area (Å²) < 4.78 is 5.07. The van der Waals surface area contributed by atoms with Crippen LogP contribution in [-0.4, -0.2) is 44.6 Å². The van der Waals surface area contributed by atoms with E-state index >= 15 is 0 Å². The SMILES string of the molecule is COc1ccc(NC(=O)CN(C)CC(C)(C)CN)cc1. The summed E-state index contributed by atoms with van der Waals surface area (Å²) in [5.74, 6) is 0.732. The fraction of sp³-hybridized carbons (Fsp3) is 0.533. The lowest BCUT2D eigenvalue weighted by molar-refractivity contribution is -0.117. The van der Waals surface area contributed by atoms with Crippen molar-refractivity contribution in [1.29, 1.82) is 0 Å². The number of rotatable bonds is 7. The summed E-state index contributed by atoms with van der Waals surface area (Å²) in [6.07, 6.45) is 0. The minimum absolute atomic E-state index is 0.00907. The second-order valence-electron chi connectivity index (χ2n) is 5.82. The van der Waals surface area contributed by atoms with E-state index in [0.29, 0.717) is 13.1 Å². The summed E-state index contributed by atoms with van der Waals surface area (Å²) in [6.45, 7) is 5.89. The van der Waals surface area contributed by atoms with E-state index in [0.717, 1.165) is 18.0 Å². The van der Waals surface area contributed by atoms with Gasteiger partial charge in [0.1, 0.15) is 5.75 Å². The van der Waals surface area contributed by atoms with Crippen molar-refractivity contribution in [2.45, 2.75) is 13.8 Å². The first-order valence-electron chi connectivity index (χ1n) is 6.69. The molecule has 0 unspecified atom stereocenters. The van der Waals surface area contributed by atoms with E-state index in [1.807, 2.05) is 36.2 Å². The summed E-state index contributed by atoms with van der Waals surface area (Å²) in [5.41, 5.74) is 6.47. The number of nitrogens with two attached hydrogens (primary N) is 1. The number of nitrogens with zero attached hydrogens (tertiary/aromatic N) is 1. The summed E-state index contributed by atoms with van der Waals surface area (Å²) >= 11 is 0. The zero-order chi connectivity index (χ0) is 15.2. The molecular formula is C15H25N3O2. The molecule has 0 atom stereocenters. The van der Waals surface area contributed by atoms with Crippen molar-refractivity contribution in [2.75, 3.05) is 39.1 Å². The lowest BCUT2D eigenvalue weighted by Crippen LogP contribution is -2.40. The van der Waals surface area contributed by atoms with Crippen molar-refractivity contribution >= 4 is 11.6 Å². The van der Waals surface area contributed by atoms with Crippen LogP contribution < -0.4 is 15.8 Å². The van der Waals surface area contributed by atoms with Crippen molar-refractivity contribution < 1.29 is 9.53 Å². The topological polar surface area (TPSA) is 67.6 Å². The van der Waals surface area contributed by atoms with Gasteiger partial charge in [0.05, 0.1) is 13.7 Å². The highest BCUT2D eigenvalue weighted by Crippen LogP contribution is 2.16. The lowest BCUT2D eigenvalue weighted by atomic mass is 9.93. The Morgan fingerprint density at radius 3 is 2.45 bits per heavy atom. The number of amides is 1. The fourth-order valence-electron chi connectivity index (χ4n) is 1.97. The minimum Gasteiger partial charge on any atom is -0.497 e. The molecule has 0 bridgehead atoms. The Bertz CT molecular complexity index is 429. The Hall–Kier alpha value is -1.59. The first-order chi connectivity index (χ1) is 9.36. The molecule has 0 spiro atoms. The van der Waals surface area contributed by atoms with Gasteiger partial charge in [0.2, 0.25) is 5.91 Å². The number of likely N-dealkylation sites (N-methyl/N-ethyl adjacent to an activating group) is 1. The van der Waals surface area contributed by atoms with Gasteiger partial charge in [-0.25, -0.2) is 0 Å². The predicted molar refractivity (Wildman–Crippen MR) is 82.0 cm³/mol. The molecule has 0 saturated heterocycles. The molecule has 0 aliphatic rings. The average Bonchev–Trinajstić information content (AvgIpc) is 2.38. The molecule has 0 fully saturated rings. The van der Waals surface area contributed by atoms with Crippen LogP contribution in [0.15, 0.2) is 24.3 Å². The number of hydrogen-bond donors (Lipinski definition) is 2. The smallest absolute Gasteiger partial charge is 0.238 e. The van der Waals surface area contributed by atoms with E-state index in [9.17, 15) is 4.79 Å². The van der Waals surface area contributed by atoms with Crippen molar-refractivity contribution in [1.82, 2.24) is 4.90 Å². The van der Waals surface area contributed by atoms with E-state index in [2.05, 4.69) is 19.2 Å². The molecule has 0 radical (unpaired) electrons. The second-order valence-corrected chi connectivity index (χ2v) is 5.82. The van der Waals surface area contributed by atoms with Crippen molar-refractivity contribution in [3.05, 3.63) is 24.3 Å². The van der Waals surface area contributed by atoms with Crippen LogP contribution in [0.2, 0.25) is 0 Å². The third kappa shape index (κ3) is 5.59. The summed E-state index contributed by atoms with van der Waals surface area (Å²) in [4.78, 5) is 13.9. The highest BCUT2D eigenvalue weighted by molar-refractivity contribution is 5.92. The maximum Gasteiger partial charge on any atom is 0.238 e. The number of anilines is 1. The van der Waals surface area contributed by atoms with Crippen LogP contribution in [0.1, 0.15) is 13.8 Å². The number of benzene rings is 1. The molecule has 1 aromatic carbocycles. The molecule has 0 heterocycles. The van der Waals surface area contributed by atoms with Crippen molar-refractivity contribution in [3.8, 4) is 5.75 Å². The molecule has 20 heavy (non-hydrogen) atoms. The van der Waals surface area contributed by atoms with Crippen LogP contribution in [-0.2, 0) is 4.79 Å². The molecule has 0 aliphatic heterocycles. The lowest BCUT2D eigenvalue weighted by Gasteiger charge is -2.28. The predicted octanol–water partition coefficient (Wildman–Crippen LogP) is 1.55. The van der Waals surface area contributed by atoms with Gasteiger partial charge >= 0.3 is 0 Å². The molecule has 0 aliphatic carbocycles. The fourth-order valence-corrected chi connectivity index (χ4v) is 1.97. The first kappa shape index (κ1) is 16.5. The average molecular weight is 279 g/mol. The van der Waals surface area contributed by atoms with Gasteiger partial charge in [0.25, 0.3) is 0 Å². The number of carbonyl (C=O) groups is 1. The van der Waals surface area contributed by atoms with E-state index < -0.39 is 0 Å². The van der Waals surface area contributed by atoms with Gasteiger partial charge < -0.3 is 15.8 Å². The van der Waals surface area contributed by atoms with Crippen molar-refractivity contribution in [2.24, 2.45) is 11.1 Å². The summed E-state index contributed by atoms with van der Waals surface area (Å²) in [7, 11) is 3.53. The molecule has 5 heteroatoms. The van der Waals surface area contributed by atoms with Crippen LogP contribution in [0.3, 0.4) is 0 Å². The van der Waals surface area contributed by atoms with E-state index in [-0.39, 0.29) is 11.3 Å². The summed E-state index contributed by atoms with van der Waals surface area (Å²) in [5, 5.41) is 2.86. The zero-order valence-electron chi connectivity index (χ0n) is 12.8. The molecule has 112 valence electrons. The Labute approximate surface area is 121 Å². The van der Waals surface area contributed by atoms with Crippen molar-refractivity contribution in [3.63, 3.8) is 0 Å². The van der Waals surface area contributed by atoms with E-state index in [4.69, 9.17) is 10.5 Å². The monoisotopic (exact) mass is 279 g/mol. The molecule has 0 aromatic heterocycles. The third-order valence-corrected chi connectivity index (χ3v) is 3.04. The highest BCUT2D eigenvalue weighted by atomic mass is 16.5. The van der Waals surface area contributed by atoms with Crippen LogP contribution in [0, 0.1) is 5.41 Å². The maximum atomic E-state index is 11.9. The maximum absolute atomic E-state index is 11.9. The molecule has 0 saturated carbocycles. The number of carbonyl (C=O) groups excluding carboxylic acids is 1. The first-order valence-corrected chi connectivity index (χ1v) is 6.69. The van der Waals surface area contributed by atoms with Gasteiger partial charge in [0.15, 0.2) is 0 Å². The molecule has 1 aromatic rings. The molecule has 3 N–H and O–H groups in total. The normalized spacial score (nSPS) is 11.5. The van der Waals surface area contributed by atoms with Crippen LogP contribution in [0.4, 0.5) is 5.69 Å². The van der Waals surface area contributed by atoms with Gasteiger partial charge in [-0.3, -0.25) is 9.69 Å². The van der Waals surface area contributed by atoms with Gasteiger partial charge in [-0.15, -0.1) is 0 Å². The number of ether oxygens (including phenoxy) is 1.